The molecule has 0 bridgehead atoms. The van der Waals surface area contributed by atoms with Gasteiger partial charge in [0.05, 0.1) is 20.7 Å². The number of nitro groups is 2. The van der Waals surface area contributed by atoms with Crippen LogP contribution < -0.4 is 0 Å². The molecular formula is C9H5N3O4. The second kappa shape index (κ2) is 3.54. The zero-order valence-electron chi connectivity index (χ0n) is 7.86. The van der Waals surface area contributed by atoms with Crippen LogP contribution in [0.4, 0.5) is 11.4 Å². The van der Waals surface area contributed by atoms with Crippen LogP contribution in [0.25, 0.3) is 10.9 Å². The number of nitro benzene ring substituents is 1. The lowest BCUT2D eigenvalue weighted by Crippen LogP contribution is -1.93. The van der Waals surface area contributed by atoms with Crippen LogP contribution in [-0.4, -0.2) is 14.8 Å². The summed E-state index contributed by atoms with van der Waals surface area (Å²) in [6, 6.07) is 5.02. The minimum Gasteiger partial charge on any atom is -0.258 e. The lowest BCUT2D eigenvalue weighted by Gasteiger charge is -1.98. The molecule has 2 rings (SSSR count). The van der Waals surface area contributed by atoms with Gasteiger partial charge in [0.2, 0.25) is 0 Å². The predicted molar refractivity (Wildman–Crippen MR) is 55.1 cm³/mol. The molecule has 0 aliphatic heterocycles. The molecule has 1 aromatic heterocycles. The Labute approximate surface area is 88.6 Å². The van der Waals surface area contributed by atoms with Crippen molar-refractivity contribution in [2.24, 2.45) is 0 Å². The van der Waals surface area contributed by atoms with Crippen molar-refractivity contribution in [1.29, 1.82) is 0 Å². The number of non-ortho nitro benzene ring substituents is 1. The van der Waals surface area contributed by atoms with Crippen LogP contribution >= 0.6 is 0 Å². The fourth-order valence-corrected chi connectivity index (χ4v) is 1.39. The Morgan fingerprint density at radius 1 is 1.06 bits per heavy atom. The number of hydrogen-bond acceptors (Lipinski definition) is 5. The van der Waals surface area contributed by atoms with Crippen molar-refractivity contribution < 1.29 is 9.85 Å². The number of aromatic nitrogens is 1. The summed E-state index contributed by atoms with van der Waals surface area (Å²) in [6.07, 6.45) is 1.30. The van der Waals surface area contributed by atoms with Gasteiger partial charge in [-0.05, 0) is 6.07 Å². The van der Waals surface area contributed by atoms with Crippen molar-refractivity contribution in [3.8, 4) is 0 Å². The van der Waals surface area contributed by atoms with Gasteiger partial charge in [0.25, 0.3) is 11.4 Å². The van der Waals surface area contributed by atoms with Gasteiger partial charge in [-0.1, -0.05) is 0 Å². The molecule has 7 nitrogen and oxygen atoms in total. The number of fused-ring (bicyclic) bond motifs is 1. The van der Waals surface area contributed by atoms with Crippen LogP contribution in [-0.2, 0) is 0 Å². The van der Waals surface area contributed by atoms with E-state index in [-0.39, 0.29) is 16.8 Å². The summed E-state index contributed by atoms with van der Waals surface area (Å²) < 4.78 is 0. The van der Waals surface area contributed by atoms with Crippen LogP contribution in [0, 0.1) is 20.2 Å². The Kier molecular flexibility index (Phi) is 2.20. The maximum Gasteiger partial charge on any atom is 0.280 e. The van der Waals surface area contributed by atoms with E-state index in [9.17, 15) is 20.2 Å². The number of rotatable bonds is 2. The first-order valence-electron chi connectivity index (χ1n) is 4.27. The van der Waals surface area contributed by atoms with Crippen molar-refractivity contribution in [1.82, 2.24) is 4.98 Å². The number of hydrogen-bond donors (Lipinski definition) is 0. The topological polar surface area (TPSA) is 99.2 Å². The molecule has 0 saturated heterocycles. The molecular weight excluding hydrogens is 214 g/mol. The zero-order chi connectivity index (χ0) is 11.7. The summed E-state index contributed by atoms with van der Waals surface area (Å²) in [4.78, 5) is 24.0. The molecule has 0 radical (unpaired) electrons. The minimum absolute atomic E-state index is 0.168. The first kappa shape index (κ1) is 9.97. The van der Waals surface area contributed by atoms with Crippen LogP contribution in [0.3, 0.4) is 0 Å². The fraction of sp³-hybridized carbons (Fsp3) is 0. The maximum absolute atomic E-state index is 10.7. The molecule has 0 fully saturated rings. The lowest BCUT2D eigenvalue weighted by molar-refractivity contribution is -0.386. The van der Waals surface area contributed by atoms with Crippen LogP contribution in [0.1, 0.15) is 0 Å². The van der Waals surface area contributed by atoms with Gasteiger partial charge in [0.15, 0.2) is 0 Å². The first-order valence-corrected chi connectivity index (χ1v) is 4.27. The van der Waals surface area contributed by atoms with Crippen molar-refractivity contribution >= 4 is 22.3 Å². The average Bonchev–Trinajstić information content (AvgIpc) is 2.27. The van der Waals surface area contributed by atoms with E-state index in [0.29, 0.717) is 5.52 Å². The Morgan fingerprint density at radius 2 is 1.81 bits per heavy atom. The van der Waals surface area contributed by atoms with Gasteiger partial charge in [-0.25, -0.2) is 0 Å². The highest BCUT2D eigenvalue weighted by atomic mass is 16.6. The molecule has 0 N–H and O–H groups in total. The number of nitrogens with zero attached hydrogens (tertiary/aromatic N) is 3. The highest BCUT2D eigenvalue weighted by molar-refractivity contribution is 5.89. The molecule has 2 aromatic rings. The van der Waals surface area contributed by atoms with Gasteiger partial charge in [0, 0.05) is 24.4 Å². The molecule has 0 aliphatic carbocycles. The van der Waals surface area contributed by atoms with Crippen LogP contribution in [0.15, 0.2) is 30.5 Å². The minimum atomic E-state index is -0.601. The van der Waals surface area contributed by atoms with Crippen LogP contribution in [0.2, 0.25) is 0 Å². The van der Waals surface area contributed by atoms with E-state index in [0.717, 1.165) is 6.07 Å². The molecule has 0 aliphatic rings. The summed E-state index contributed by atoms with van der Waals surface area (Å²) in [6.45, 7) is 0. The van der Waals surface area contributed by atoms with Crippen LogP contribution in [0.5, 0.6) is 0 Å². The summed E-state index contributed by atoms with van der Waals surface area (Å²) in [7, 11) is 0. The molecule has 1 aromatic carbocycles. The summed E-state index contributed by atoms with van der Waals surface area (Å²) in [5.41, 5.74) is -0.0166. The SMILES string of the molecule is O=[N+]([O-])c1ccc2nccc([N+](=O)[O-])c2c1. The molecule has 0 spiro atoms. The van der Waals surface area contributed by atoms with Gasteiger partial charge >= 0.3 is 0 Å². The van der Waals surface area contributed by atoms with E-state index in [1.807, 2.05) is 0 Å². The molecule has 16 heavy (non-hydrogen) atoms. The zero-order valence-corrected chi connectivity index (χ0v) is 7.86. The average molecular weight is 219 g/mol. The van der Waals surface area contributed by atoms with E-state index < -0.39 is 9.85 Å². The number of pyridine rings is 1. The third-order valence-electron chi connectivity index (χ3n) is 2.11. The van der Waals surface area contributed by atoms with E-state index in [1.54, 1.807) is 0 Å². The van der Waals surface area contributed by atoms with Gasteiger partial charge in [-0.3, -0.25) is 25.2 Å². The van der Waals surface area contributed by atoms with Crippen molar-refractivity contribution in [3.05, 3.63) is 50.7 Å². The van der Waals surface area contributed by atoms with E-state index in [4.69, 9.17) is 0 Å². The maximum atomic E-state index is 10.7. The van der Waals surface area contributed by atoms with Gasteiger partial charge < -0.3 is 0 Å². The number of benzene rings is 1. The lowest BCUT2D eigenvalue weighted by atomic mass is 10.2. The van der Waals surface area contributed by atoms with E-state index >= 15 is 0 Å². The molecule has 0 saturated carbocycles. The van der Waals surface area contributed by atoms with Gasteiger partial charge in [-0.2, -0.15) is 0 Å². The predicted octanol–water partition coefficient (Wildman–Crippen LogP) is 2.05. The molecule has 0 unspecified atom stereocenters. The first-order chi connectivity index (χ1) is 7.59. The molecule has 1 heterocycles. The van der Waals surface area contributed by atoms with Gasteiger partial charge in [-0.15, -0.1) is 0 Å². The summed E-state index contributed by atoms with van der Waals surface area (Å²) in [5, 5.41) is 21.4. The Morgan fingerprint density at radius 3 is 2.44 bits per heavy atom. The second-order valence-corrected chi connectivity index (χ2v) is 3.05. The highest BCUT2D eigenvalue weighted by Crippen LogP contribution is 2.26. The highest BCUT2D eigenvalue weighted by Gasteiger charge is 2.15. The largest absolute Gasteiger partial charge is 0.280 e. The van der Waals surface area contributed by atoms with Crippen molar-refractivity contribution in [2.75, 3.05) is 0 Å². The normalized spacial score (nSPS) is 10.2. The quantitative estimate of drug-likeness (QED) is 0.568. The smallest absolute Gasteiger partial charge is 0.258 e. The Balaban J connectivity index is 2.78. The summed E-state index contributed by atoms with van der Waals surface area (Å²) >= 11 is 0. The standard InChI is InChI=1S/C9H5N3O4/c13-11(14)6-1-2-8-7(5-6)9(12(15)16)3-4-10-8/h1-5H. The fourth-order valence-electron chi connectivity index (χ4n) is 1.39. The molecule has 0 amide bonds. The van der Waals surface area contributed by atoms with E-state index in [2.05, 4.69) is 4.98 Å². The Bertz CT molecular complexity index is 596. The Hall–Kier alpha value is -2.57. The third-order valence-corrected chi connectivity index (χ3v) is 2.11. The molecule has 0 atom stereocenters. The molecule has 7 heteroatoms. The molecule has 80 valence electrons. The van der Waals surface area contributed by atoms with Crippen molar-refractivity contribution in [3.63, 3.8) is 0 Å². The second-order valence-electron chi connectivity index (χ2n) is 3.05. The monoisotopic (exact) mass is 219 g/mol. The van der Waals surface area contributed by atoms with Crippen molar-refractivity contribution in [2.45, 2.75) is 0 Å². The third kappa shape index (κ3) is 1.54. The summed E-state index contributed by atoms with van der Waals surface area (Å²) in [5.74, 6) is 0. The van der Waals surface area contributed by atoms with Gasteiger partial charge in [0.1, 0.15) is 0 Å². The van der Waals surface area contributed by atoms with E-state index in [1.165, 1.54) is 24.4 Å².